The van der Waals surface area contributed by atoms with E-state index in [-0.39, 0.29) is 23.3 Å². The number of pyridine rings is 2. The topological polar surface area (TPSA) is 101 Å². The molecule has 3 heterocycles. The lowest BCUT2D eigenvalue weighted by molar-refractivity contribution is -0.135. The molecule has 3 aromatic rings. The van der Waals surface area contributed by atoms with Crippen LogP contribution in [0.4, 0.5) is 0 Å². The molecule has 1 atom stereocenters. The lowest BCUT2D eigenvalue weighted by atomic mass is 9.87. The van der Waals surface area contributed by atoms with Crippen LogP contribution in [0.2, 0.25) is 0 Å². The third-order valence-electron chi connectivity index (χ3n) is 4.57. The first-order valence-electron chi connectivity index (χ1n) is 8.11. The highest BCUT2D eigenvalue weighted by atomic mass is 16.5. The van der Waals surface area contributed by atoms with E-state index >= 15 is 0 Å². The Hall–Kier alpha value is -3.35. The van der Waals surface area contributed by atoms with Gasteiger partial charge in [-0.1, -0.05) is 0 Å². The predicted octanol–water partition coefficient (Wildman–Crippen LogP) is 1.97. The Labute approximate surface area is 147 Å². The van der Waals surface area contributed by atoms with E-state index in [4.69, 9.17) is 9.47 Å². The first-order chi connectivity index (χ1) is 12.5. The normalized spacial score (nSPS) is 16.2. The molecule has 26 heavy (non-hydrogen) atoms. The van der Waals surface area contributed by atoms with Gasteiger partial charge in [-0.15, -0.1) is 0 Å². The van der Waals surface area contributed by atoms with Gasteiger partial charge in [0.15, 0.2) is 0 Å². The summed E-state index contributed by atoms with van der Waals surface area (Å²) in [5.41, 5.74) is 1.16. The van der Waals surface area contributed by atoms with Gasteiger partial charge in [-0.2, -0.15) is 0 Å². The molecule has 7 nitrogen and oxygen atoms in total. The van der Waals surface area contributed by atoms with Crippen molar-refractivity contribution in [3.8, 4) is 11.5 Å². The molecule has 1 aromatic carbocycles. The number of aromatic amines is 2. The fraction of sp³-hybridized carbons (Fsp3) is 0.211. The van der Waals surface area contributed by atoms with E-state index in [2.05, 4.69) is 9.97 Å². The van der Waals surface area contributed by atoms with Crippen LogP contribution in [0, 0.1) is 6.92 Å². The summed E-state index contributed by atoms with van der Waals surface area (Å²) in [5, 5.41) is 0.782. The minimum atomic E-state index is -0.661. The Morgan fingerprint density at radius 3 is 2.65 bits per heavy atom. The van der Waals surface area contributed by atoms with Gasteiger partial charge in [0.2, 0.25) is 0 Å². The van der Waals surface area contributed by atoms with Gasteiger partial charge in [0, 0.05) is 29.3 Å². The number of aromatic nitrogens is 2. The summed E-state index contributed by atoms with van der Waals surface area (Å²) in [4.78, 5) is 42.7. The van der Waals surface area contributed by atoms with E-state index in [9.17, 15) is 14.4 Å². The molecule has 4 rings (SSSR count). The maximum Gasteiger partial charge on any atom is 0.312 e. The molecule has 1 aliphatic heterocycles. The number of fused-ring (bicyclic) bond motifs is 2. The molecule has 0 radical (unpaired) electrons. The van der Waals surface area contributed by atoms with Crippen molar-refractivity contribution in [3.63, 3.8) is 0 Å². The molecule has 0 amide bonds. The monoisotopic (exact) mass is 352 g/mol. The zero-order valence-electron chi connectivity index (χ0n) is 14.2. The Kier molecular flexibility index (Phi) is 3.64. The number of rotatable bonds is 2. The van der Waals surface area contributed by atoms with E-state index in [0.717, 1.165) is 5.39 Å². The third kappa shape index (κ3) is 2.57. The molecule has 0 saturated heterocycles. The second-order valence-electron chi connectivity index (χ2n) is 6.30. The molecular formula is C19H16N2O5. The molecule has 0 bridgehead atoms. The molecule has 132 valence electrons. The molecule has 0 unspecified atom stereocenters. The number of nitrogens with one attached hydrogen (secondary N) is 2. The zero-order chi connectivity index (χ0) is 18.4. The molecular weight excluding hydrogens is 336 g/mol. The number of hydrogen-bond acceptors (Lipinski definition) is 5. The number of aryl methyl sites for hydroxylation is 1. The van der Waals surface area contributed by atoms with Gasteiger partial charge in [-0.3, -0.25) is 14.4 Å². The first kappa shape index (κ1) is 16.1. The SMILES string of the molecule is COc1ccc2cc([C@@H]3CC(=O)Oc4cc(C)[nH]c(=O)c43)c(=O)[nH]c2c1. The average Bonchev–Trinajstić information content (AvgIpc) is 2.59. The van der Waals surface area contributed by atoms with Crippen LogP contribution in [-0.4, -0.2) is 23.0 Å². The summed E-state index contributed by atoms with van der Waals surface area (Å²) in [6, 6.07) is 8.62. The van der Waals surface area contributed by atoms with Crippen molar-refractivity contribution in [2.24, 2.45) is 0 Å². The van der Waals surface area contributed by atoms with Crippen LogP contribution in [0.3, 0.4) is 0 Å². The van der Waals surface area contributed by atoms with Gasteiger partial charge in [-0.25, -0.2) is 0 Å². The largest absolute Gasteiger partial charge is 0.497 e. The van der Waals surface area contributed by atoms with E-state index in [0.29, 0.717) is 28.1 Å². The van der Waals surface area contributed by atoms with Gasteiger partial charge < -0.3 is 19.4 Å². The molecule has 0 spiro atoms. The maximum atomic E-state index is 12.7. The highest BCUT2D eigenvalue weighted by Crippen LogP contribution is 2.36. The number of carbonyl (C=O) groups is 1. The number of esters is 1. The van der Waals surface area contributed by atoms with Gasteiger partial charge in [0.05, 0.1) is 24.6 Å². The van der Waals surface area contributed by atoms with Crippen molar-refractivity contribution in [2.45, 2.75) is 19.3 Å². The minimum Gasteiger partial charge on any atom is -0.497 e. The van der Waals surface area contributed by atoms with Crippen LogP contribution in [0.25, 0.3) is 10.9 Å². The fourth-order valence-electron chi connectivity index (χ4n) is 3.36. The number of carbonyl (C=O) groups excluding carboxylic acids is 1. The van der Waals surface area contributed by atoms with Gasteiger partial charge in [0.1, 0.15) is 11.5 Å². The first-order valence-corrected chi connectivity index (χ1v) is 8.11. The summed E-state index contributed by atoms with van der Waals surface area (Å²) in [5.74, 6) is -0.297. The zero-order valence-corrected chi connectivity index (χ0v) is 14.2. The lowest BCUT2D eigenvalue weighted by Crippen LogP contribution is -2.31. The van der Waals surface area contributed by atoms with Gasteiger partial charge in [0.25, 0.3) is 11.1 Å². The van der Waals surface area contributed by atoms with Gasteiger partial charge in [-0.05, 0) is 30.5 Å². The summed E-state index contributed by atoms with van der Waals surface area (Å²) in [6.45, 7) is 1.70. The van der Waals surface area contributed by atoms with Crippen LogP contribution in [-0.2, 0) is 4.79 Å². The second-order valence-corrected chi connectivity index (χ2v) is 6.30. The third-order valence-corrected chi connectivity index (χ3v) is 4.57. The lowest BCUT2D eigenvalue weighted by Gasteiger charge is -2.23. The highest BCUT2D eigenvalue weighted by molar-refractivity contribution is 5.82. The van der Waals surface area contributed by atoms with Crippen LogP contribution < -0.4 is 20.6 Å². The maximum absolute atomic E-state index is 12.7. The number of methoxy groups -OCH3 is 1. The van der Waals surface area contributed by atoms with Gasteiger partial charge >= 0.3 is 5.97 Å². The summed E-state index contributed by atoms with van der Waals surface area (Å²) >= 11 is 0. The van der Waals surface area contributed by atoms with E-state index < -0.39 is 11.9 Å². The molecule has 1 aliphatic rings. The molecule has 7 heteroatoms. The minimum absolute atomic E-state index is 0.0656. The van der Waals surface area contributed by atoms with E-state index in [1.54, 1.807) is 38.3 Å². The molecule has 0 saturated carbocycles. The van der Waals surface area contributed by atoms with Crippen LogP contribution in [0.15, 0.2) is 39.9 Å². The molecule has 2 aromatic heterocycles. The summed E-state index contributed by atoms with van der Waals surface area (Å²) < 4.78 is 10.4. The van der Waals surface area contributed by atoms with Crippen LogP contribution in [0.1, 0.15) is 29.2 Å². The molecule has 0 aliphatic carbocycles. The Bertz CT molecular complexity index is 1160. The second kappa shape index (κ2) is 5.87. The van der Waals surface area contributed by atoms with Crippen molar-refractivity contribution >= 4 is 16.9 Å². The predicted molar refractivity (Wildman–Crippen MR) is 95.0 cm³/mol. The highest BCUT2D eigenvalue weighted by Gasteiger charge is 2.33. The summed E-state index contributed by atoms with van der Waals surface area (Å²) in [7, 11) is 1.55. The quantitative estimate of drug-likeness (QED) is 0.687. The fourth-order valence-corrected chi connectivity index (χ4v) is 3.36. The number of hydrogen-bond donors (Lipinski definition) is 2. The average molecular weight is 352 g/mol. The standard InChI is InChI=1S/C19H16N2O5/c1-9-5-15-17(19(24)20-9)12(8-16(22)26-15)13-6-10-3-4-11(25-2)7-14(10)21-18(13)23/h3-7,12H,8H2,1-2H3,(H,20,24)(H,21,23)/t12-/m0/s1. The Balaban J connectivity index is 1.94. The molecule has 2 N–H and O–H groups in total. The van der Waals surface area contributed by atoms with Crippen molar-refractivity contribution in [1.29, 1.82) is 0 Å². The van der Waals surface area contributed by atoms with Crippen molar-refractivity contribution in [3.05, 3.63) is 67.9 Å². The number of ether oxygens (including phenoxy) is 2. The number of H-pyrrole nitrogens is 2. The van der Waals surface area contributed by atoms with Crippen molar-refractivity contribution in [1.82, 2.24) is 9.97 Å². The van der Waals surface area contributed by atoms with Crippen LogP contribution >= 0.6 is 0 Å². The summed E-state index contributed by atoms with van der Waals surface area (Å²) in [6.07, 6.45) is -0.0656. The molecule has 0 fully saturated rings. The smallest absolute Gasteiger partial charge is 0.312 e. The Morgan fingerprint density at radius 1 is 1.08 bits per heavy atom. The number of benzene rings is 1. The van der Waals surface area contributed by atoms with Crippen molar-refractivity contribution < 1.29 is 14.3 Å². The van der Waals surface area contributed by atoms with E-state index in [1.165, 1.54) is 0 Å². The van der Waals surface area contributed by atoms with Crippen LogP contribution in [0.5, 0.6) is 11.5 Å². The van der Waals surface area contributed by atoms with E-state index in [1.807, 2.05) is 6.07 Å². The Morgan fingerprint density at radius 2 is 1.88 bits per heavy atom. The van der Waals surface area contributed by atoms with Crippen molar-refractivity contribution in [2.75, 3.05) is 7.11 Å².